The summed E-state index contributed by atoms with van der Waals surface area (Å²) in [5.74, 6) is -5.83. The van der Waals surface area contributed by atoms with Crippen LogP contribution in [0.3, 0.4) is 0 Å². The highest BCUT2D eigenvalue weighted by molar-refractivity contribution is 6.33. The van der Waals surface area contributed by atoms with Gasteiger partial charge in [-0.25, -0.2) is 9.78 Å². The zero-order valence-electron chi connectivity index (χ0n) is 27.8. The zero-order chi connectivity index (χ0) is 36.9. The Morgan fingerprint density at radius 1 is 1.14 bits per heavy atom. The third-order valence-electron chi connectivity index (χ3n) is 8.60. The number of ether oxygens (including phenoxy) is 2. The van der Waals surface area contributed by atoms with Crippen molar-refractivity contribution in [3.05, 3.63) is 88.1 Å². The molecule has 2 aromatic heterocycles. The summed E-state index contributed by atoms with van der Waals surface area (Å²) in [6.07, 6.45) is -5.35. The van der Waals surface area contributed by atoms with Crippen molar-refractivity contribution >= 4 is 46.0 Å². The molecule has 5 rings (SSSR count). The molecule has 2 aromatic carbocycles. The average molecular weight is 727 g/mol. The Balaban J connectivity index is 1.15. The highest BCUT2D eigenvalue weighted by Crippen LogP contribution is 2.42. The molecule has 1 saturated heterocycles. The molecule has 0 aliphatic carbocycles. The van der Waals surface area contributed by atoms with Crippen molar-refractivity contribution in [3.8, 4) is 11.3 Å². The average Bonchev–Trinajstić information content (AvgIpc) is 3.34. The molecule has 4 N–H and O–H groups in total. The normalized spacial score (nSPS) is 18.7. The summed E-state index contributed by atoms with van der Waals surface area (Å²) in [7, 11) is 0. The molecule has 16 heteroatoms. The van der Waals surface area contributed by atoms with Crippen LogP contribution in [0.2, 0.25) is 5.02 Å². The van der Waals surface area contributed by atoms with E-state index in [0.717, 1.165) is 23.0 Å². The predicted octanol–water partition coefficient (Wildman–Crippen LogP) is 3.97. The molecule has 0 saturated carbocycles. The third-order valence-corrected chi connectivity index (χ3v) is 8.93. The quantitative estimate of drug-likeness (QED) is 0.171. The van der Waals surface area contributed by atoms with Crippen molar-refractivity contribution in [2.75, 3.05) is 25.4 Å². The maximum atomic E-state index is 14.7. The Morgan fingerprint density at radius 2 is 1.86 bits per heavy atom. The molecule has 1 fully saturated rings. The summed E-state index contributed by atoms with van der Waals surface area (Å²) in [5, 5.41) is 15.0. The van der Waals surface area contributed by atoms with Gasteiger partial charge >= 0.3 is 17.6 Å². The van der Waals surface area contributed by atoms with Crippen molar-refractivity contribution in [2.45, 2.75) is 63.5 Å². The number of pyridine rings is 1. The van der Waals surface area contributed by atoms with Crippen LogP contribution in [0.15, 0.2) is 71.7 Å². The van der Waals surface area contributed by atoms with E-state index in [1.165, 1.54) is 0 Å². The van der Waals surface area contributed by atoms with Gasteiger partial charge in [0.05, 0.1) is 12.1 Å². The Hall–Kier alpha value is -4.99. The molecule has 51 heavy (non-hydrogen) atoms. The van der Waals surface area contributed by atoms with Gasteiger partial charge < -0.3 is 30.5 Å². The number of aliphatic hydroxyl groups excluding tert-OH is 1. The van der Waals surface area contributed by atoms with E-state index in [9.17, 15) is 33.1 Å². The van der Waals surface area contributed by atoms with Gasteiger partial charge in [-0.05, 0) is 36.9 Å². The largest absolute Gasteiger partial charge is 0.463 e. The second-order valence-electron chi connectivity index (χ2n) is 12.0. The number of hydrogen-bond acceptors (Lipinski definition) is 10. The van der Waals surface area contributed by atoms with Crippen LogP contribution in [0.5, 0.6) is 0 Å². The second kappa shape index (κ2) is 15.9. The van der Waals surface area contributed by atoms with Crippen LogP contribution < -0.4 is 16.7 Å². The van der Waals surface area contributed by atoms with Crippen LogP contribution in [0.4, 0.5) is 14.6 Å². The van der Waals surface area contributed by atoms with Crippen molar-refractivity contribution in [1.82, 2.24) is 24.8 Å². The van der Waals surface area contributed by atoms with Crippen molar-refractivity contribution < 1.29 is 37.7 Å². The Kier molecular flexibility index (Phi) is 11.6. The molecule has 13 nitrogen and oxygen atoms in total. The Morgan fingerprint density at radius 3 is 2.59 bits per heavy atom. The van der Waals surface area contributed by atoms with Crippen LogP contribution in [0, 0.1) is 0 Å². The van der Waals surface area contributed by atoms with E-state index in [-0.39, 0.29) is 43.0 Å². The Bertz CT molecular complexity index is 1980. The van der Waals surface area contributed by atoms with Crippen molar-refractivity contribution in [2.24, 2.45) is 0 Å². The number of amides is 2. The lowest BCUT2D eigenvalue weighted by Gasteiger charge is -2.29. The SMILES string of the molecule is CCC(C)N(CCNC(=O)CCC(=O)OC[C@H]1O[C@@H](n2ccc(N)nc2=O)C(F)(F)[C@@H]1O)C(=O)c1cc2ccccc2c(-c2ccccc2Cl)n1. The highest BCUT2D eigenvalue weighted by atomic mass is 35.5. The molecular weight excluding hydrogens is 690 g/mol. The van der Waals surface area contributed by atoms with Gasteiger partial charge in [-0.3, -0.25) is 19.0 Å². The molecule has 2 amide bonds. The van der Waals surface area contributed by atoms with E-state index in [0.29, 0.717) is 27.3 Å². The first kappa shape index (κ1) is 37.3. The van der Waals surface area contributed by atoms with E-state index >= 15 is 0 Å². The molecule has 0 bridgehead atoms. The smallest absolute Gasteiger partial charge is 0.351 e. The van der Waals surface area contributed by atoms with Gasteiger partial charge in [0.1, 0.15) is 24.2 Å². The number of anilines is 1. The predicted molar refractivity (Wildman–Crippen MR) is 184 cm³/mol. The third kappa shape index (κ3) is 8.32. The number of halogens is 3. The van der Waals surface area contributed by atoms with Crippen molar-refractivity contribution in [3.63, 3.8) is 0 Å². The minimum Gasteiger partial charge on any atom is -0.463 e. The van der Waals surface area contributed by atoms with Crippen LogP contribution in [-0.4, -0.2) is 86.2 Å². The molecule has 1 aliphatic rings. The van der Waals surface area contributed by atoms with Gasteiger partial charge in [-0.1, -0.05) is 61.0 Å². The number of nitrogens with one attached hydrogen (secondary N) is 1. The number of nitrogens with zero attached hydrogens (tertiary/aromatic N) is 4. The Labute approximate surface area is 296 Å². The van der Waals surface area contributed by atoms with Gasteiger partial charge in [-0.2, -0.15) is 13.8 Å². The lowest BCUT2D eigenvalue weighted by Crippen LogP contribution is -2.43. The first-order chi connectivity index (χ1) is 24.3. The van der Waals surface area contributed by atoms with E-state index in [2.05, 4.69) is 10.3 Å². The number of aromatic nitrogens is 3. The maximum absolute atomic E-state index is 14.7. The number of esters is 1. The number of alkyl halides is 2. The summed E-state index contributed by atoms with van der Waals surface area (Å²) in [6.45, 7) is 3.30. The van der Waals surface area contributed by atoms with Gasteiger partial charge in [0, 0.05) is 47.7 Å². The number of hydrogen-bond donors (Lipinski definition) is 3. The van der Waals surface area contributed by atoms with Gasteiger partial charge in [0.2, 0.25) is 12.1 Å². The number of rotatable bonds is 13. The molecule has 1 aliphatic heterocycles. The van der Waals surface area contributed by atoms with Gasteiger partial charge in [-0.15, -0.1) is 0 Å². The number of nitrogens with two attached hydrogens (primary N) is 1. The molecule has 270 valence electrons. The lowest BCUT2D eigenvalue weighted by molar-refractivity contribution is -0.151. The highest BCUT2D eigenvalue weighted by Gasteiger charge is 2.60. The summed E-state index contributed by atoms with van der Waals surface area (Å²) in [4.78, 5) is 60.6. The fourth-order valence-electron chi connectivity index (χ4n) is 5.63. The summed E-state index contributed by atoms with van der Waals surface area (Å²) in [6, 6.07) is 17.5. The fraction of sp³-hybridized carbons (Fsp3) is 0.371. The molecule has 1 unspecified atom stereocenters. The second-order valence-corrected chi connectivity index (χ2v) is 12.4. The zero-order valence-corrected chi connectivity index (χ0v) is 28.6. The van der Waals surface area contributed by atoms with Crippen LogP contribution >= 0.6 is 11.6 Å². The topological polar surface area (TPSA) is 179 Å². The van der Waals surface area contributed by atoms with E-state index in [1.54, 1.807) is 17.0 Å². The van der Waals surface area contributed by atoms with Gasteiger partial charge in [0.15, 0.2) is 6.10 Å². The van der Waals surface area contributed by atoms with Crippen LogP contribution in [-0.2, 0) is 19.1 Å². The van der Waals surface area contributed by atoms with E-state index < -0.39 is 55.0 Å². The number of carbonyl (C=O) groups excluding carboxylic acids is 3. The molecular formula is C35H37ClF2N6O7. The standard InChI is InChI=1S/C35H37ClF2N6O7/c1-3-20(2)43(32(48)25-18-21-8-4-5-9-22(21)30(41-25)23-10-6-7-11-24(23)36)17-15-40-28(45)12-13-29(46)50-19-26-31(47)35(37,38)33(51-26)44-16-14-27(39)42-34(44)49/h4-11,14,16,18,20,26,31,33,47H,3,12-13,15,17,19H2,1-2H3,(H,40,45)(H2,39,42,49)/t20?,26-,31-,33-/m1/s1. The molecule has 0 spiro atoms. The monoisotopic (exact) mass is 726 g/mol. The summed E-state index contributed by atoms with van der Waals surface area (Å²) in [5.41, 5.74) is 5.77. The fourth-order valence-corrected chi connectivity index (χ4v) is 5.86. The number of fused-ring (bicyclic) bond motifs is 1. The number of aliphatic hydroxyl groups is 1. The number of carbonyl (C=O) groups is 3. The van der Waals surface area contributed by atoms with Crippen molar-refractivity contribution in [1.29, 1.82) is 0 Å². The van der Waals surface area contributed by atoms with E-state index in [4.69, 9.17) is 31.8 Å². The first-order valence-corrected chi connectivity index (χ1v) is 16.6. The molecule has 4 aromatic rings. The van der Waals surface area contributed by atoms with Gasteiger partial charge in [0.25, 0.3) is 5.91 Å². The van der Waals surface area contributed by atoms with E-state index in [1.807, 2.05) is 56.3 Å². The molecule has 0 radical (unpaired) electrons. The van der Waals surface area contributed by atoms with Crippen LogP contribution in [0.25, 0.3) is 22.0 Å². The summed E-state index contributed by atoms with van der Waals surface area (Å²) < 4.78 is 40.1. The number of nitrogen functional groups attached to an aromatic ring is 1. The number of benzene rings is 2. The minimum absolute atomic E-state index is 0.0762. The lowest BCUT2D eigenvalue weighted by atomic mass is 10.0. The van der Waals surface area contributed by atoms with Crippen LogP contribution in [0.1, 0.15) is 49.8 Å². The first-order valence-electron chi connectivity index (χ1n) is 16.3. The minimum atomic E-state index is -3.91. The summed E-state index contributed by atoms with van der Waals surface area (Å²) >= 11 is 6.51. The molecule has 4 atom stereocenters. The molecule has 3 heterocycles. The maximum Gasteiger partial charge on any atom is 0.351 e.